The maximum Gasteiger partial charge on any atom is 0.335 e. The molecule has 4 nitrogen and oxygen atoms in total. The lowest BCUT2D eigenvalue weighted by Crippen LogP contribution is -2.23. The van der Waals surface area contributed by atoms with Gasteiger partial charge in [0.1, 0.15) is 5.88 Å². The zero-order valence-corrected chi connectivity index (χ0v) is 8.62. The molecule has 0 fully saturated rings. The van der Waals surface area contributed by atoms with E-state index in [-0.39, 0.29) is 23.9 Å². The van der Waals surface area contributed by atoms with Gasteiger partial charge in [0.2, 0.25) is 5.91 Å². The number of carboxylic acid groups (broad SMARTS) is 1. The number of aromatic carboxylic acids is 1. The van der Waals surface area contributed by atoms with Crippen LogP contribution in [0.1, 0.15) is 15.9 Å². The van der Waals surface area contributed by atoms with E-state index >= 15 is 0 Å². The van der Waals surface area contributed by atoms with Crippen molar-refractivity contribution in [2.75, 3.05) is 5.88 Å². The van der Waals surface area contributed by atoms with Crippen molar-refractivity contribution >= 4 is 23.5 Å². The third kappa shape index (κ3) is 3.59. The molecule has 1 aromatic carbocycles. The number of benzene rings is 1. The molecule has 0 radical (unpaired) electrons. The molecule has 15 heavy (non-hydrogen) atoms. The van der Waals surface area contributed by atoms with Gasteiger partial charge in [-0.2, -0.15) is 0 Å². The second-order valence-electron chi connectivity index (χ2n) is 2.92. The summed E-state index contributed by atoms with van der Waals surface area (Å²) in [5.74, 6) is -1.36. The molecule has 0 aromatic heterocycles. The number of hydrogen-bond acceptors (Lipinski definition) is 2. The van der Waals surface area contributed by atoms with E-state index in [1.807, 2.05) is 0 Å². The number of hydrogen-bond donors (Lipinski definition) is 2. The molecule has 0 bridgehead atoms. The van der Waals surface area contributed by atoms with Crippen molar-refractivity contribution in [1.82, 2.24) is 5.32 Å². The Morgan fingerprint density at radius 2 is 2.13 bits per heavy atom. The fourth-order valence-corrected chi connectivity index (χ4v) is 1.16. The highest BCUT2D eigenvalue weighted by Crippen LogP contribution is 2.04. The number of amides is 1. The van der Waals surface area contributed by atoms with Gasteiger partial charge < -0.3 is 10.4 Å². The van der Waals surface area contributed by atoms with Gasteiger partial charge in [-0.3, -0.25) is 4.79 Å². The highest BCUT2D eigenvalue weighted by atomic mass is 35.5. The number of rotatable bonds is 4. The maximum absolute atomic E-state index is 10.8. The Balaban J connectivity index is 2.66. The van der Waals surface area contributed by atoms with Crippen LogP contribution in [0, 0.1) is 0 Å². The lowest BCUT2D eigenvalue weighted by molar-refractivity contribution is -0.118. The van der Waals surface area contributed by atoms with Crippen molar-refractivity contribution in [2.45, 2.75) is 6.54 Å². The van der Waals surface area contributed by atoms with Gasteiger partial charge >= 0.3 is 5.97 Å². The molecule has 2 N–H and O–H groups in total. The van der Waals surface area contributed by atoms with E-state index in [0.29, 0.717) is 0 Å². The van der Waals surface area contributed by atoms with Gasteiger partial charge in [0.15, 0.2) is 0 Å². The third-order valence-electron chi connectivity index (χ3n) is 1.78. The summed E-state index contributed by atoms with van der Waals surface area (Å²) < 4.78 is 0. The first-order chi connectivity index (χ1) is 7.13. The van der Waals surface area contributed by atoms with Gasteiger partial charge in [-0.25, -0.2) is 4.79 Å². The minimum Gasteiger partial charge on any atom is -0.478 e. The van der Waals surface area contributed by atoms with E-state index in [2.05, 4.69) is 5.32 Å². The summed E-state index contributed by atoms with van der Waals surface area (Å²) in [5, 5.41) is 11.3. The number of carbonyl (C=O) groups is 2. The molecule has 0 atom stereocenters. The van der Waals surface area contributed by atoms with Crippen LogP contribution in [-0.4, -0.2) is 22.9 Å². The predicted octanol–water partition coefficient (Wildman–Crippen LogP) is 1.24. The maximum atomic E-state index is 10.8. The second-order valence-corrected chi connectivity index (χ2v) is 3.18. The van der Waals surface area contributed by atoms with Crippen molar-refractivity contribution in [3.63, 3.8) is 0 Å². The first kappa shape index (κ1) is 11.5. The first-order valence-electron chi connectivity index (χ1n) is 4.28. The van der Waals surface area contributed by atoms with E-state index < -0.39 is 5.97 Å². The second kappa shape index (κ2) is 5.36. The van der Waals surface area contributed by atoms with Crippen molar-refractivity contribution in [3.05, 3.63) is 35.4 Å². The molecule has 1 rings (SSSR count). The van der Waals surface area contributed by atoms with Crippen LogP contribution in [0.3, 0.4) is 0 Å². The molecule has 0 saturated heterocycles. The van der Waals surface area contributed by atoms with E-state index in [4.69, 9.17) is 16.7 Å². The highest BCUT2D eigenvalue weighted by Gasteiger charge is 2.03. The largest absolute Gasteiger partial charge is 0.478 e. The summed E-state index contributed by atoms with van der Waals surface area (Å²) in [6.45, 7) is 0.284. The molecule has 0 unspecified atom stereocenters. The highest BCUT2D eigenvalue weighted by molar-refractivity contribution is 6.27. The molecule has 5 heteroatoms. The molecule has 80 valence electrons. The average Bonchev–Trinajstić information content (AvgIpc) is 2.26. The van der Waals surface area contributed by atoms with Crippen LogP contribution in [-0.2, 0) is 11.3 Å². The number of carboxylic acids is 1. The summed E-state index contributed by atoms with van der Waals surface area (Å²) in [6, 6.07) is 6.37. The van der Waals surface area contributed by atoms with Crippen LogP contribution in [0.5, 0.6) is 0 Å². The Hall–Kier alpha value is -1.55. The van der Waals surface area contributed by atoms with Gasteiger partial charge in [-0.05, 0) is 17.7 Å². The van der Waals surface area contributed by atoms with Crippen LogP contribution in [0.25, 0.3) is 0 Å². The smallest absolute Gasteiger partial charge is 0.335 e. The molecule has 0 saturated carbocycles. The standard InChI is InChI=1S/C10H10ClNO3/c11-5-9(13)12-6-7-2-1-3-8(4-7)10(14)15/h1-4H,5-6H2,(H,12,13)(H,14,15). The predicted molar refractivity (Wildman–Crippen MR) is 56.0 cm³/mol. The summed E-state index contributed by atoms with van der Waals surface area (Å²) in [7, 11) is 0. The molecule has 0 heterocycles. The summed E-state index contributed by atoms with van der Waals surface area (Å²) in [6.07, 6.45) is 0. The molecule has 0 aliphatic carbocycles. The third-order valence-corrected chi connectivity index (χ3v) is 2.03. The van der Waals surface area contributed by atoms with Gasteiger partial charge in [0.25, 0.3) is 0 Å². The monoisotopic (exact) mass is 227 g/mol. The molecule has 0 spiro atoms. The molecule has 0 aliphatic rings. The topological polar surface area (TPSA) is 66.4 Å². The number of carbonyl (C=O) groups excluding carboxylic acids is 1. The van der Waals surface area contributed by atoms with Crippen molar-refractivity contribution in [1.29, 1.82) is 0 Å². The van der Waals surface area contributed by atoms with Crippen LogP contribution in [0.2, 0.25) is 0 Å². The van der Waals surface area contributed by atoms with E-state index in [1.54, 1.807) is 12.1 Å². The van der Waals surface area contributed by atoms with Gasteiger partial charge in [0.05, 0.1) is 5.56 Å². The lowest BCUT2D eigenvalue weighted by atomic mass is 10.1. The molecule has 0 aliphatic heterocycles. The summed E-state index contributed by atoms with van der Waals surface area (Å²) in [4.78, 5) is 21.5. The lowest BCUT2D eigenvalue weighted by Gasteiger charge is -2.03. The van der Waals surface area contributed by atoms with E-state index in [0.717, 1.165) is 5.56 Å². The Bertz CT molecular complexity index is 379. The Morgan fingerprint density at radius 1 is 1.40 bits per heavy atom. The fraction of sp³-hybridized carbons (Fsp3) is 0.200. The Labute approximate surface area is 91.9 Å². The summed E-state index contributed by atoms with van der Waals surface area (Å²) in [5.41, 5.74) is 0.931. The zero-order valence-electron chi connectivity index (χ0n) is 7.87. The van der Waals surface area contributed by atoms with Crippen molar-refractivity contribution < 1.29 is 14.7 Å². The molecule has 1 amide bonds. The molecule has 1 aromatic rings. The van der Waals surface area contributed by atoms with Crippen molar-refractivity contribution in [2.24, 2.45) is 0 Å². The minimum absolute atomic E-state index is 0.0986. The van der Waals surface area contributed by atoms with Gasteiger partial charge in [-0.15, -0.1) is 11.6 Å². The van der Waals surface area contributed by atoms with Crippen LogP contribution in [0.15, 0.2) is 24.3 Å². The van der Waals surface area contributed by atoms with Crippen LogP contribution < -0.4 is 5.32 Å². The SMILES string of the molecule is O=C(CCl)NCc1cccc(C(=O)O)c1. The number of nitrogens with one attached hydrogen (secondary N) is 1. The van der Waals surface area contributed by atoms with Gasteiger partial charge in [-0.1, -0.05) is 12.1 Å². The average molecular weight is 228 g/mol. The van der Waals surface area contributed by atoms with Gasteiger partial charge in [0, 0.05) is 6.54 Å². The first-order valence-corrected chi connectivity index (χ1v) is 4.82. The fourth-order valence-electron chi connectivity index (χ4n) is 1.06. The Morgan fingerprint density at radius 3 is 2.73 bits per heavy atom. The molecular formula is C10H10ClNO3. The minimum atomic E-state index is -0.986. The summed E-state index contributed by atoms with van der Waals surface area (Å²) >= 11 is 5.29. The quantitative estimate of drug-likeness (QED) is 0.761. The van der Waals surface area contributed by atoms with Crippen LogP contribution >= 0.6 is 11.6 Å². The molecular weight excluding hydrogens is 218 g/mol. The normalized spacial score (nSPS) is 9.67. The van der Waals surface area contributed by atoms with Crippen molar-refractivity contribution in [3.8, 4) is 0 Å². The Kier molecular flexibility index (Phi) is 4.12. The van der Waals surface area contributed by atoms with E-state index in [1.165, 1.54) is 12.1 Å². The van der Waals surface area contributed by atoms with Crippen LogP contribution in [0.4, 0.5) is 0 Å². The zero-order chi connectivity index (χ0) is 11.3. The van der Waals surface area contributed by atoms with E-state index in [9.17, 15) is 9.59 Å². The number of halogens is 1. The number of alkyl halides is 1.